The van der Waals surface area contributed by atoms with Crippen molar-refractivity contribution in [3.8, 4) is 0 Å². The van der Waals surface area contributed by atoms with Crippen LogP contribution >= 0.6 is 0 Å². The van der Waals surface area contributed by atoms with Crippen LogP contribution in [0.5, 0.6) is 0 Å². The molecule has 1 amide bonds. The summed E-state index contributed by atoms with van der Waals surface area (Å²) < 4.78 is 5.15. The van der Waals surface area contributed by atoms with Crippen molar-refractivity contribution in [2.45, 2.75) is 45.6 Å². The Balaban J connectivity index is 1.74. The molecule has 1 atom stereocenters. The quantitative estimate of drug-likeness (QED) is 0.913. The van der Waals surface area contributed by atoms with Crippen LogP contribution in [0.25, 0.3) is 0 Å². The van der Waals surface area contributed by atoms with Gasteiger partial charge in [0, 0.05) is 12.6 Å². The van der Waals surface area contributed by atoms with Crippen LogP contribution < -0.4 is 5.32 Å². The Bertz CT molecular complexity index is 468. The second-order valence-electron chi connectivity index (χ2n) is 6.10. The fourth-order valence-corrected chi connectivity index (χ4v) is 3.07. The van der Waals surface area contributed by atoms with E-state index in [9.17, 15) is 4.79 Å². The van der Waals surface area contributed by atoms with Crippen LogP contribution in [0, 0.1) is 19.8 Å². The minimum absolute atomic E-state index is 0.106. The molecule has 0 radical (unpaired) electrons. The van der Waals surface area contributed by atoms with Crippen LogP contribution in [0.4, 0.5) is 0 Å². The Morgan fingerprint density at radius 3 is 2.75 bits per heavy atom. The molecule has 1 aromatic heterocycles. The van der Waals surface area contributed by atoms with Crippen molar-refractivity contribution in [3.63, 3.8) is 0 Å². The van der Waals surface area contributed by atoms with E-state index in [0.29, 0.717) is 29.0 Å². The zero-order valence-corrected chi connectivity index (χ0v) is 12.3. The summed E-state index contributed by atoms with van der Waals surface area (Å²) in [5.74, 6) is 1.32. The van der Waals surface area contributed by atoms with Gasteiger partial charge in [0.15, 0.2) is 0 Å². The predicted octanol–water partition coefficient (Wildman–Crippen LogP) is 1.90. The number of aromatic nitrogens is 1. The summed E-state index contributed by atoms with van der Waals surface area (Å²) in [6.07, 6.45) is 4.69. The van der Waals surface area contributed by atoms with Crippen LogP contribution in [0.1, 0.15) is 47.5 Å². The first-order valence-electron chi connectivity index (χ1n) is 7.61. The maximum atomic E-state index is 12.8. The van der Waals surface area contributed by atoms with Crippen LogP contribution in [-0.2, 0) is 0 Å². The van der Waals surface area contributed by atoms with Crippen LogP contribution in [0.15, 0.2) is 4.52 Å². The second kappa shape index (κ2) is 5.56. The first-order valence-corrected chi connectivity index (χ1v) is 7.61. The van der Waals surface area contributed by atoms with E-state index in [1.54, 1.807) is 0 Å². The monoisotopic (exact) mass is 277 g/mol. The van der Waals surface area contributed by atoms with Crippen molar-refractivity contribution in [2.75, 3.05) is 19.6 Å². The number of piperidine rings is 1. The van der Waals surface area contributed by atoms with Crippen molar-refractivity contribution >= 4 is 5.91 Å². The van der Waals surface area contributed by atoms with E-state index >= 15 is 0 Å². The molecule has 1 aliphatic carbocycles. The van der Waals surface area contributed by atoms with Gasteiger partial charge in [-0.25, -0.2) is 0 Å². The highest BCUT2D eigenvalue weighted by molar-refractivity contribution is 5.96. The third-order valence-electron chi connectivity index (χ3n) is 4.35. The molecule has 0 bridgehead atoms. The lowest BCUT2D eigenvalue weighted by molar-refractivity contribution is 0.0701. The number of hydrogen-bond donors (Lipinski definition) is 1. The van der Waals surface area contributed by atoms with Gasteiger partial charge in [0.2, 0.25) is 0 Å². The number of rotatable bonds is 4. The third-order valence-corrected chi connectivity index (χ3v) is 4.35. The molecular weight excluding hydrogens is 254 g/mol. The Morgan fingerprint density at radius 2 is 2.20 bits per heavy atom. The van der Waals surface area contributed by atoms with Gasteiger partial charge in [-0.1, -0.05) is 5.16 Å². The van der Waals surface area contributed by atoms with E-state index in [2.05, 4.69) is 15.4 Å². The molecule has 0 aromatic carbocycles. The topological polar surface area (TPSA) is 58.4 Å². The van der Waals surface area contributed by atoms with Crippen molar-refractivity contribution < 1.29 is 9.32 Å². The summed E-state index contributed by atoms with van der Waals surface area (Å²) >= 11 is 0. The fourth-order valence-electron chi connectivity index (χ4n) is 3.07. The Kier molecular flexibility index (Phi) is 3.78. The minimum Gasteiger partial charge on any atom is -0.361 e. The highest BCUT2D eigenvalue weighted by Crippen LogP contribution is 2.31. The van der Waals surface area contributed by atoms with E-state index in [0.717, 1.165) is 32.5 Å². The van der Waals surface area contributed by atoms with Crippen molar-refractivity contribution in [3.05, 3.63) is 17.0 Å². The number of carbonyl (C=O) groups is 1. The van der Waals surface area contributed by atoms with Crippen molar-refractivity contribution in [1.82, 2.24) is 15.4 Å². The number of aryl methyl sites for hydroxylation is 2. The maximum Gasteiger partial charge on any atom is 0.259 e. The first kappa shape index (κ1) is 13.6. The number of nitrogens with zero attached hydrogens (tertiary/aromatic N) is 2. The van der Waals surface area contributed by atoms with Gasteiger partial charge in [0.1, 0.15) is 11.3 Å². The van der Waals surface area contributed by atoms with E-state index < -0.39 is 0 Å². The van der Waals surface area contributed by atoms with Crippen molar-refractivity contribution in [2.24, 2.45) is 5.92 Å². The standard InChI is InChI=1S/C15H23N3O2/c1-10-14(11(2)20-17-10)15(19)18(13-5-6-13)9-12-4-3-7-16-8-12/h12-13,16H,3-9H2,1-2H3. The molecule has 110 valence electrons. The van der Waals surface area contributed by atoms with Gasteiger partial charge in [-0.15, -0.1) is 0 Å². The molecule has 1 aliphatic heterocycles. The summed E-state index contributed by atoms with van der Waals surface area (Å²) in [5, 5.41) is 7.34. The smallest absolute Gasteiger partial charge is 0.259 e. The molecule has 1 saturated heterocycles. The summed E-state index contributed by atoms with van der Waals surface area (Å²) in [6, 6.07) is 0.429. The Morgan fingerprint density at radius 1 is 1.40 bits per heavy atom. The SMILES string of the molecule is Cc1noc(C)c1C(=O)N(CC1CCCNC1)C1CC1. The molecule has 5 heteroatoms. The number of hydrogen-bond acceptors (Lipinski definition) is 4. The lowest BCUT2D eigenvalue weighted by Crippen LogP contribution is -2.42. The lowest BCUT2D eigenvalue weighted by atomic mass is 9.98. The van der Waals surface area contributed by atoms with E-state index in [-0.39, 0.29) is 5.91 Å². The van der Waals surface area contributed by atoms with Gasteiger partial charge >= 0.3 is 0 Å². The maximum absolute atomic E-state index is 12.8. The molecule has 20 heavy (non-hydrogen) atoms. The molecule has 0 spiro atoms. The summed E-state index contributed by atoms with van der Waals surface area (Å²) in [7, 11) is 0. The zero-order chi connectivity index (χ0) is 14.1. The van der Waals surface area contributed by atoms with E-state index in [1.165, 1.54) is 12.8 Å². The van der Waals surface area contributed by atoms with Crippen LogP contribution in [0.3, 0.4) is 0 Å². The molecule has 1 unspecified atom stereocenters. The summed E-state index contributed by atoms with van der Waals surface area (Å²) in [4.78, 5) is 14.9. The van der Waals surface area contributed by atoms with Gasteiger partial charge < -0.3 is 14.7 Å². The predicted molar refractivity (Wildman–Crippen MR) is 75.6 cm³/mol. The third kappa shape index (κ3) is 2.73. The number of nitrogens with one attached hydrogen (secondary N) is 1. The molecule has 5 nitrogen and oxygen atoms in total. The Hall–Kier alpha value is -1.36. The van der Waals surface area contributed by atoms with Crippen molar-refractivity contribution in [1.29, 1.82) is 0 Å². The molecule has 1 N–H and O–H groups in total. The lowest BCUT2D eigenvalue weighted by Gasteiger charge is -2.30. The largest absolute Gasteiger partial charge is 0.361 e. The summed E-state index contributed by atoms with van der Waals surface area (Å²) in [6.45, 7) is 6.66. The second-order valence-corrected chi connectivity index (χ2v) is 6.10. The van der Waals surface area contributed by atoms with Gasteiger partial charge in [0.05, 0.1) is 5.69 Å². The minimum atomic E-state index is 0.106. The highest BCUT2D eigenvalue weighted by Gasteiger charge is 2.36. The van der Waals surface area contributed by atoms with Gasteiger partial charge in [0.25, 0.3) is 5.91 Å². The van der Waals surface area contributed by atoms with Gasteiger partial charge in [-0.2, -0.15) is 0 Å². The molecular formula is C15H23N3O2. The molecule has 2 fully saturated rings. The average molecular weight is 277 g/mol. The molecule has 1 saturated carbocycles. The Labute approximate surface area is 119 Å². The highest BCUT2D eigenvalue weighted by atomic mass is 16.5. The summed E-state index contributed by atoms with van der Waals surface area (Å²) in [5.41, 5.74) is 1.38. The molecule has 2 heterocycles. The fraction of sp³-hybridized carbons (Fsp3) is 0.733. The first-order chi connectivity index (χ1) is 9.66. The molecule has 3 rings (SSSR count). The van der Waals surface area contributed by atoms with Gasteiger partial charge in [-0.05, 0) is 58.5 Å². The zero-order valence-electron chi connectivity index (χ0n) is 12.3. The van der Waals surface area contributed by atoms with Crippen LogP contribution in [-0.4, -0.2) is 41.6 Å². The molecule has 1 aromatic rings. The van der Waals surface area contributed by atoms with Gasteiger partial charge in [-0.3, -0.25) is 4.79 Å². The van der Waals surface area contributed by atoms with Crippen LogP contribution in [0.2, 0.25) is 0 Å². The van der Waals surface area contributed by atoms with E-state index in [4.69, 9.17) is 4.52 Å². The average Bonchev–Trinajstić information content (AvgIpc) is 3.23. The molecule has 2 aliphatic rings. The number of amides is 1. The normalized spacial score (nSPS) is 22.8. The van der Waals surface area contributed by atoms with E-state index in [1.807, 2.05) is 13.8 Å². The number of carbonyl (C=O) groups excluding carboxylic acids is 1.